The van der Waals surface area contributed by atoms with Crippen molar-refractivity contribution >= 4 is 0 Å². The molecule has 0 amide bonds. The zero-order chi connectivity index (χ0) is 7.98. The Morgan fingerprint density at radius 3 is 1.36 bits per heavy atom. The van der Waals surface area contributed by atoms with Gasteiger partial charge in [-0.05, 0) is 25.9 Å². The largest absolute Gasteiger partial charge is 0.301 e. The molecular weight excluding hydrogens is 301 g/mol. The first kappa shape index (κ1) is 14.4. The molecule has 0 heterocycles. The van der Waals surface area contributed by atoms with E-state index in [9.17, 15) is 0 Å². The maximum Gasteiger partial charge on any atom is 0.00897 e. The first-order valence-corrected chi connectivity index (χ1v) is 4.54. The minimum absolute atomic E-state index is 0. The van der Waals surface area contributed by atoms with Crippen LogP contribution in [0, 0.1) is 0 Å². The Morgan fingerprint density at radius 2 is 1.27 bits per heavy atom. The molecule has 0 aromatic carbocycles. The Labute approximate surface area is 90.3 Å². The van der Waals surface area contributed by atoms with Crippen molar-refractivity contribution in [3.63, 3.8) is 0 Å². The van der Waals surface area contributed by atoms with Gasteiger partial charge < -0.3 is 4.90 Å². The van der Waals surface area contributed by atoms with Crippen LogP contribution in [0.4, 0.5) is 0 Å². The van der Waals surface area contributed by atoms with Crippen molar-refractivity contribution in [2.24, 2.45) is 0 Å². The van der Waals surface area contributed by atoms with Gasteiger partial charge in [0.25, 0.3) is 0 Å². The fourth-order valence-corrected chi connectivity index (χ4v) is 1.55. The van der Waals surface area contributed by atoms with Crippen LogP contribution in [-0.4, -0.2) is 24.0 Å². The molecule has 1 nitrogen and oxygen atoms in total. The SMILES string of the molecule is CCC(CC)N(CC)CC.[Hf]. The van der Waals surface area contributed by atoms with E-state index in [-0.39, 0.29) is 25.8 Å². The van der Waals surface area contributed by atoms with E-state index in [1.54, 1.807) is 0 Å². The first-order valence-electron chi connectivity index (χ1n) is 4.54. The summed E-state index contributed by atoms with van der Waals surface area (Å²) >= 11 is 0. The summed E-state index contributed by atoms with van der Waals surface area (Å²) in [7, 11) is 0. The van der Waals surface area contributed by atoms with E-state index in [0.29, 0.717) is 0 Å². The van der Waals surface area contributed by atoms with Crippen LogP contribution in [0.25, 0.3) is 0 Å². The van der Waals surface area contributed by atoms with Crippen molar-refractivity contribution in [1.82, 2.24) is 4.90 Å². The van der Waals surface area contributed by atoms with Gasteiger partial charge in [0.2, 0.25) is 0 Å². The van der Waals surface area contributed by atoms with E-state index in [1.165, 1.54) is 25.9 Å². The van der Waals surface area contributed by atoms with Crippen LogP contribution in [0.2, 0.25) is 0 Å². The molecule has 0 radical (unpaired) electrons. The molecule has 0 aromatic heterocycles. The van der Waals surface area contributed by atoms with Gasteiger partial charge in [-0.2, -0.15) is 0 Å². The monoisotopic (exact) mass is 323 g/mol. The number of rotatable bonds is 5. The maximum atomic E-state index is 2.53. The summed E-state index contributed by atoms with van der Waals surface area (Å²) in [5.41, 5.74) is 0. The van der Waals surface area contributed by atoms with Crippen LogP contribution in [0.1, 0.15) is 40.5 Å². The van der Waals surface area contributed by atoms with E-state index in [1.807, 2.05) is 0 Å². The Balaban J connectivity index is 0. The Kier molecular flexibility index (Phi) is 11.6. The topological polar surface area (TPSA) is 3.24 Å². The van der Waals surface area contributed by atoms with Gasteiger partial charge in [-0.1, -0.05) is 27.7 Å². The average Bonchev–Trinajstić information content (AvgIpc) is 2.00. The number of nitrogens with zero attached hydrogens (tertiary/aromatic N) is 1. The van der Waals surface area contributed by atoms with Crippen molar-refractivity contribution in [2.45, 2.75) is 46.6 Å². The van der Waals surface area contributed by atoms with Crippen LogP contribution in [0.5, 0.6) is 0 Å². The Bertz CT molecular complexity index is 58.0. The summed E-state index contributed by atoms with van der Waals surface area (Å²) in [6, 6.07) is 0.815. The Morgan fingerprint density at radius 1 is 0.909 bits per heavy atom. The third-order valence-corrected chi connectivity index (χ3v) is 2.27. The Hall–Kier alpha value is 0.830. The summed E-state index contributed by atoms with van der Waals surface area (Å²) < 4.78 is 0. The molecule has 0 aromatic rings. The fourth-order valence-electron chi connectivity index (χ4n) is 1.55. The minimum Gasteiger partial charge on any atom is -0.301 e. The van der Waals surface area contributed by atoms with Crippen molar-refractivity contribution in [3.8, 4) is 0 Å². The van der Waals surface area contributed by atoms with Crippen LogP contribution in [0.15, 0.2) is 0 Å². The molecule has 0 bridgehead atoms. The molecule has 0 unspecified atom stereocenters. The normalized spacial score (nSPS) is 10.4. The summed E-state index contributed by atoms with van der Waals surface area (Å²) in [6.45, 7) is 11.4. The summed E-state index contributed by atoms with van der Waals surface area (Å²) in [6.07, 6.45) is 2.58. The molecule has 0 atom stereocenters. The predicted octanol–water partition coefficient (Wildman–Crippen LogP) is 2.51. The molecule has 0 saturated heterocycles. The van der Waals surface area contributed by atoms with Crippen molar-refractivity contribution in [2.75, 3.05) is 13.1 Å². The van der Waals surface area contributed by atoms with Gasteiger partial charge >= 0.3 is 0 Å². The fraction of sp³-hybridized carbons (Fsp3) is 1.00. The van der Waals surface area contributed by atoms with Crippen LogP contribution in [0.3, 0.4) is 0 Å². The molecule has 11 heavy (non-hydrogen) atoms. The maximum absolute atomic E-state index is 2.53. The van der Waals surface area contributed by atoms with Gasteiger partial charge in [-0.25, -0.2) is 0 Å². The van der Waals surface area contributed by atoms with E-state index in [0.717, 1.165) is 6.04 Å². The van der Waals surface area contributed by atoms with Crippen molar-refractivity contribution in [3.05, 3.63) is 0 Å². The average molecular weight is 322 g/mol. The van der Waals surface area contributed by atoms with E-state index < -0.39 is 0 Å². The molecule has 0 aliphatic carbocycles. The van der Waals surface area contributed by atoms with Gasteiger partial charge in [0.1, 0.15) is 0 Å². The molecule has 0 fully saturated rings. The van der Waals surface area contributed by atoms with Gasteiger partial charge in [0.15, 0.2) is 0 Å². The summed E-state index contributed by atoms with van der Waals surface area (Å²) in [5.74, 6) is 0. The third kappa shape index (κ3) is 5.13. The minimum atomic E-state index is 0. The van der Waals surface area contributed by atoms with Gasteiger partial charge in [-0.3, -0.25) is 0 Å². The zero-order valence-electron chi connectivity index (χ0n) is 8.35. The zero-order valence-corrected chi connectivity index (χ0v) is 11.9. The molecule has 0 saturated carbocycles. The standard InChI is InChI=1S/C9H21N.Hf/c1-5-9(6-2)10(7-3)8-4;/h9H,5-8H2,1-4H3;. The molecule has 0 aliphatic rings. The predicted molar refractivity (Wildman–Crippen MR) is 47.3 cm³/mol. The number of hydrogen-bond acceptors (Lipinski definition) is 1. The quantitative estimate of drug-likeness (QED) is 0.703. The summed E-state index contributed by atoms with van der Waals surface area (Å²) in [4.78, 5) is 2.53. The molecule has 0 rings (SSSR count). The second kappa shape index (κ2) is 8.92. The van der Waals surface area contributed by atoms with Crippen LogP contribution in [-0.2, 0) is 25.8 Å². The smallest absolute Gasteiger partial charge is 0.00897 e. The van der Waals surface area contributed by atoms with Crippen molar-refractivity contribution in [1.29, 1.82) is 0 Å². The molecule has 0 N–H and O–H groups in total. The van der Waals surface area contributed by atoms with Gasteiger partial charge in [0.05, 0.1) is 0 Å². The summed E-state index contributed by atoms with van der Waals surface area (Å²) in [5, 5.41) is 0. The molecule has 0 aliphatic heterocycles. The third-order valence-electron chi connectivity index (χ3n) is 2.27. The second-order valence-electron chi connectivity index (χ2n) is 2.69. The molecular formula is C9H21HfN. The molecule has 2 heteroatoms. The molecule has 0 spiro atoms. The van der Waals surface area contributed by atoms with Crippen molar-refractivity contribution < 1.29 is 25.8 Å². The van der Waals surface area contributed by atoms with E-state index >= 15 is 0 Å². The van der Waals surface area contributed by atoms with E-state index in [4.69, 9.17) is 0 Å². The van der Waals surface area contributed by atoms with Crippen LogP contribution < -0.4 is 0 Å². The van der Waals surface area contributed by atoms with Crippen LogP contribution >= 0.6 is 0 Å². The first-order chi connectivity index (χ1) is 4.79. The van der Waals surface area contributed by atoms with Gasteiger partial charge in [0, 0.05) is 31.9 Å². The van der Waals surface area contributed by atoms with E-state index in [2.05, 4.69) is 32.6 Å². The van der Waals surface area contributed by atoms with Gasteiger partial charge in [-0.15, -0.1) is 0 Å². The molecule has 66 valence electrons. The number of hydrogen-bond donors (Lipinski definition) is 0. The second-order valence-corrected chi connectivity index (χ2v) is 2.69.